The number of hydrogen-bond acceptors (Lipinski definition) is 5. The van der Waals surface area contributed by atoms with E-state index in [2.05, 4.69) is 12.6 Å². The van der Waals surface area contributed by atoms with Gasteiger partial charge in [-0.25, -0.2) is 4.79 Å². The molecule has 0 N–H and O–H groups in total. The number of nitriles is 2. The summed E-state index contributed by atoms with van der Waals surface area (Å²) in [4.78, 5) is 29.3. The van der Waals surface area contributed by atoms with Crippen molar-refractivity contribution >= 4 is 24.4 Å². The number of nitrogens with zero attached hydrogens (tertiary/aromatic N) is 4. The number of thiol groups is 1. The van der Waals surface area contributed by atoms with Crippen LogP contribution in [0.1, 0.15) is 36.4 Å². The Morgan fingerprint density at radius 1 is 1.18 bits per heavy atom. The number of carbonyl (C=O) groups excluding carboxylic acids is 2. The van der Waals surface area contributed by atoms with Gasteiger partial charge in [0.2, 0.25) is 0 Å². The van der Waals surface area contributed by atoms with Crippen LogP contribution in [0.2, 0.25) is 0 Å². The molecule has 168 valence electrons. The summed E-state index contributed by atoms with van der Waals surface area (Å²) in [5, 5.41) is 18.5. The molecule has 1 aliphatic heterocycles. The van der Waals surface area contributed by atoms with Crippen LogP contribution in [0.5, 0.6) is 0 Å². The highest BCUT2D eigenvalue weighted by atomic mass is 32.1. The van der Waals surface area contributed by atoms with E-state index in [1.165, 1.54) is 28.0 Å². The number of halogens is 3. The van der Waals surface area contributed by atoms with Crippen LogP contribution in [0.3, 0.4) is 0 Å². The maximum absolute atomic E-state index is 13.6. The Hall–Kier alpha value is -3.50. The van der Waals surface area contributed by atoms with Gasteiger partial charge < -0.3 is 0 Å². The lowest BCUT2D eigenvalue weighted by Gasteiger charge is -2.44. The zero-order chi connectivity index (χ0) is 23.9. The fourth-order valence-electron chi connectivity index (χ4n) is 4.52. The molecule has 0 saturated heterocycles. The van der Waals surface area contributed by atoms with Crippen molar-refractivity contribution < 1.29 is 22.8 Å². The Kier molecular flexibility index (Phi) is 5.81. The number of amides is 2. The van der Waals surface area contributed by atoms with Gasteiger partial charge >= 0.3 is 12.2 Å². The average molecular weight is 470 g/mol. The highest BCUT2D eigenvalue weighted by Gasteiger charge is 2.48. The van der Waals surface area contributed by atoms with E-state index >= 15 is 0 Å². The first-order valence-corrected chi connectivity index (χ1v) is 10.5. The van der Waals surface area contributed by atoms with Crippen LogP contribution < -0.4 is 0 Å². The predicted molar refractivity (Wildman–Crippen MR) is 114 cm³/mol. The molecular formula is C23H17F3N4O2S. The molecule has 10 heteroatoms. The normalized spacial score (nSPS) is 22.8. The van der Waals surface area contributed by atoms with E-state index in [1.807, 2.05) is 12.1 Å². The Labute approximate surface area is 193 Å². The lowest BCUT2D eigenvalue weighted by molar-refractivity contribution is -0.115. The Bertz CT molecular complexity index is 1220. The number of allylic oxidation sites excluding steroid dienone is 3. The molecular weight excluding hydrogens is 453 g/mol. The molecule has 1 aromatic rings. The predicted octanol–water partition coefficient (Wildman–Crippen LogP) is 4.58. The molecule has 1 unspecified atom stereocenters. The number of ketones is 1. The van der Waals surface area contributed by atoms with Crippen molar-refractivity contribution in [3.8, 4) is 12.1 Å². The summed E-state index contributed by atoms with van der Waals surface area (Å²) in [5.41, 5.74) is 0.598. The molecule has 0 fully saturated rings. The minimum atomic E-state index is -4.57. The van der Waals surface area contributed by atoms with Gasteiger partial charge in [0, 0.05) is 22.6 Å². The van der Waals surface area contributed by atoms with E-state index in [0.29, 0.717) is 21.7 Å². The lowest BCUT2D eigenvalue weighted by Crippen LogP contribution is -2.53. The van der Waals surface area contributed by atoms with Crippen molar-refractivity contribution in [2.75, 3.05) is 6.54 Å². The van der Waals surface area contributed by atoms with Gasteiger partial charge in [0.05, 0.1) is 35.4 Å². The van der Waals surface area contributed by atoms with E-state index in [0.717, 1.165) is 12.2 Å². The van der Waals surface area contributed by atoms with E-state index < -0.39 is 29.9 Å². The minimum absolute atomic E-state index is 0.113. The third-order valence-electron chi connectivity index (χ3n) is 5.93. The van der Waals surface area contributed by atoms with Crippen molar-refractivity contribution in [3.63, 3.8) is 0 Å². The van der Waals surface area contributed by atoms with Crippen LogP contribution in [0.4, 0.5) is 18.0 Å². The van der Waals surface area contributed by atoms with Crippen molar-refractivity contribution in [2.45, 2.75) is 42.4 Å². The number of urea groups is 1. The second-order valence-corrected chi connectivity index (χ2v) is 8.32. The molecule has 0 saturated carbocycles. The van der Waals surface area contributed by atoms with E-state index in [9.17, 15) is 28.0 Å². The monoisotopic (exact) mass is 470 g/mol. The minimum Gasteiger partial charge on any atom is -0.300 e. The van der Waals surface area contributed by atoms with E-state index in [-0.39, 0.29) is 37.2 Å². The third-order valence-corrected chi connectivity index (χ3v) is 6.32. The molecule has 6 nitrogen and oxygen atoms in total. The zero-order valence-electron chi connectivity index (χ0n) is 17.1. The fourth-order valence-corrected chi connectivity index (χ4v) is 4.86. The summed E-state index contributed by atoms with van der Waals surface area (Å²) in [5.74, 6) is -0.237. The average Bonchev–Trinajstić information content (AvgIpc) is 3.15. The second-order valence-electron chi connectivity index (χ2n) is 7.84. The van der Waals surface area contributed by atoms with Gasteiger partial charge in [-0.05, 0) is 36.6 Å². The van der Waals surface area contributed by atoms with Crippen molar-refractivity contribution in [1.82, 2.24) is 9.80 Å². The van der Waals surface area contributed by atoms with Gasteiger partial charge in [-0.2, -0.15) is 23.7 Å². The molecule has 0 radical (unpaired) electrons. The summed E-state index contributed by atoms with van der Waals surface area (Å²) >= 11 is 4.43. The molecule has 0 aromatic heterocycles. The SMILES string of the molecule is N#CCN1C(=O)N(C2C=C(C(F)(F)F)C=CC2)C2=C(C(=O)CC2)[C@H]1c1ccc(C#N)cc1S. The Balaban J connectivity index is 1.88. The number of hydrogen-bond donors (Lipinski definition) is 1. The molecule has 2 atom stereocenters. The largest absolute Gasteiger partial charge is 0.416 e. The van der Waals surface area contributed by atoms with E-state index in [4.69, 9.17) is 5.26 Å². The van der Waals surface area contributed by atoms with Crippen molar-refractivity contribution in [1.29, 1.82) is 10.5 Å². The molecule has 33 heavy (non-hydrogen) atoms. The summed E-state index contributed by atoms with van der Waals surface area (Å²) in [6, 6.07) is 6.03. The first-order chi connectivity index (χ1) is 15.7. The smallest absolute Gasteiger partial charge is 0.300 e. The fraction of sp³-hybridized carbons (Fsp3) is 0.304. The Morgan fingerprint density at radius 2 is 1.94 bits per heavy atom. The summed E-state index contributed by atoms with van der Waals surface area (Å²) in [6.07, 6.45) is -0.788. The third kappa shape index (κ3) is 3.91. The van der Waals surface area contributed by atoms with Crippen LogP contribution >= 0.6 is 12.6 Å². The van der Waals surface area contributed by atoms with E-state index in [1.54, 1.807) is 6.07 Å². The first-order valence-electron chi connectivity index (χ1n) is 10.1. The van der Waals surface area contributed by atoms with Gasteiger partial charge in [-0.3, -0.25) is 14.6 Å². The van der Waals surface area contributed by atoms with Crippen LogP contribution in [-0.4, -0.2) is 40.4 Å². The van der Waals surface area contributed by atoms with Crippen molar-refractivity contribution in [2.24, 2.45) is 0 Å². The standard InChI is InChI=1S/C23H17F3N4O2S/c24-23(25,26)14-2-1-3-15(11-14)30-17-6-7-18(31)20(17)21(29(9-8-27)22(30)32)16-5-4-13(12-28)10-19(16)33/h1-2,4-5,10-11,15,21,33H,3,6-7,9H2/t15?,21-/m1/s1. The molecule has 0 spiro atoms. The number of rotatable bonds is 3. The molecule has 1 heterocycles. The molecule has 3 aliphatic rings. The van der Waals surface area contributed by atoms with Crippen LogP contribution in [0, 0.1) is 22.7 Å². The zero-order valence-corrected chi connectivity index (χ0v) is 18.0. The van der Waals surface area contributed by atoms with Gasteiger partial charge in [0.15, 0.2) is 5.78 Å². The first kappa shape index (κ1) is 22.7. The maximum Gasteiger partial charge on any atom is 0.416 e. The lowest BCUT2D eigenvalue weighted by atomic mass is 9.91. The van der Waals surface area contributed by atoms with Crippen LogP contribution in [-0.2, 0) is 4.79 Å². The highest BCUT2D eigenvalue weighted by Crippen LogP contribution is 2.46. The summed E-state index contributed by atoms with van der Waals surface area (Å²) < 4.78 is 40.0. The van der Waals surface area contributed by atoms with Crippen LogP contribution in [0.25, 0.3) is 0 Å². The van der Waals surface area contributed by atoms with Crippen LogP contribution in [0.15, 0.2) is 58.2 Å². The van der Waals surface area contributed by atoms with Crippen molar-refractivity contribution in [3.05, 3.63) is 64.4 Å². The molecule has 2 amide bonds. The highest BCUT2D eigenvalue weighted by molar-refractivity contribution is 7.80. The second kappa shape index (κ2) is 8.45. The number of alkyl halides is 3. The molecule has 4 rings (SSSR count). The van der Waals surface area contributed by atoms with Gasteiger partial charge in [0.25, 0.3) is 0 Å². The molecule has 1 aromatic carbocycles. The number of carbonyl (C=O) groups is 2. The summed E-state index contributed by atoms with van der Waals surface area (Å²) in [6.45, 7) is -0.379. The van der Waals surface area contributed by atoms with Gasteiger partial charge in [-0.1, -0.05) is 18.2 Å². The van der Waals surface area contributed by atoms with Gasteiger partial charge in [-0.15, -0.1) is 12.6 Å². The molecule has 0 bridgehead atoms. The number of benzene rings is 1. The topological polar surface area (TPSA) is 88.2 Å². The maximum atomic E-state index is 13.6. The Morgan fingerprint density at radius 3 is 2.58 bits per heavy atom. The molecule has 2 aliphatic carbocycles. The van der Waals surface area contributed by atoms with Gasteiger partial charge in [0.1, 0.15) is 6.54 Å². The summed E-state index contributed by atoms with van der Waals surface area (Å²) in [7, 11) is 0. The quantitative estimate of drug-likeness (QED) is 0.517. The number of Topliss-reactive ketones (excluding diaryl/α,β-unsaturated/α-hetero) is 1.